The number of benzene rings is 1. The van der Waals surface area contributed by atoms with Crippen LogP contribution >= 0.6 is 11.6 Å². The molecular weight excluding hydrogens is 816 g/mol. The second-order valence-electron chi connectivity index (χ2n) is 14.7. The van der Waals surface area contributed by atoms with Gasteiger partial charge in [0.25, 0.3) is 5.91 Å². The minimum absolute atomic E-state index is 0.0419. The molecular formula is C36H39ClF8N6O7. The summed E-state index contributed by atoms with van der Waals surface area (Å²) in [6.45, 7) is 7.57. The lowest BCUT2D eigenvalue weighted by Gasteiger charge is -2.30. The van der Waals surface area contributed by atoms with Crippen LogP contribution in [-0.4, -0.2) is 86.4 Å². The van der Waals surface area contributed by atoms with Gasteiger partial charge in [-0.1, -0.05) is 31.0 Å². The van der Waals surface area contributed by atoms with Gasteiger partial charge in [-0.25, -0.2) is 14.2 Å². The van der Waals surface area contributed by atoms with Crippen molar-refractivity contribution >= 4 is 29.6 Å². The molecule has 1 amide bonds. The van der Waals surface area contributed by atoms with E-state index in [1.807, 2.05) is 13.0 Å². The molecule has 13 nitrogen and oxygen atoms in total. The summed E-state index contributed by atoms with van der Waals surface area (Å²) in [4.78, 5) is 39.9. The molecule has 22 heteroatoms. The largest absolute Gasteiger partial charge is 0.510 e. The molecule has 58 heavy (non-hydrogen) atoms. The molecule has 1 fully saturated rings. The third-order valence-corrected chi connectivity index (χ3v) is 9.30. The average Bonchev–Trinajstić information content (AvgIpc) is 3.58. The summed E-state index contributed by atoms with van der Waals surface area (Å²) in [7, 11) is 0.724. The maximum Gasteiger partial charge on any atom is 0.510 e. The SMILES string of the molecule is CCCC(C)(C)OC(=O)C(C)(C)COCCOC(=O)OCN(C(=O)c1cc(-c2cnn(-c3c(C(F)(F)F)c(C(F)(F)C(F)(F)F)nn3C)c2)ccc1Cl)C1(C#N)CC1. The van der Waals surface area contributed by atoms with Crippen molar-refractivity contribution in [3.8, 4) is 23.0 Å². The molecule has 1 aromatic carbocycles. The van der Waals surface area contributed by atoms with E-state index in [9.17, 15) is 54.8 Å². The Morgan fingerprint density at radius 2 is 1.66 bits per heavy atom. The van der Waals surface area contributed by atoms with Crippen molar-refractivity contribution in [2.75, 3.05) is 26.6 Å². The maximum absolute atomic E-state index is 14.2. The van der Waals surface area contributed by atoms with Crippen LogP contribution in [0, 0.1) is 16.7 Å². The van der Waals surface area contributed by atoms with Crippen LogP contribution < -0.4 is 0 Å². The number of nitrogens with zero attached hydrogens (tertiary/aromatic N) is 6. The number of nitriles is 1. The minimum atomic E-state index is -6.40. The molecule has 0 saturated heterocycles. The molecule has 1 aliphatic rings. The van der Waals surface area contributed by atoms with Gasteiger partial charge < -0.3 is 18.9 Å². The molecule has 0 atom stereocenters. The molecule has 2 aromatic heterocycles. The molecule has 0 N–H and O–H groups in total. The highest BCUT2D eigenvalue weighted by molar-refractivity contribution is 6.34. The first-order valence-electron chi connectivity index (χ1n) is 17.5. The van der Waals surface area contributed by atoms with E-state index in [2.05, 4.69) is 10.2 Å². The second-order valence-corrected chi connectivity index (χ2v) is 15.1. The zero-order valence-electron chi connectivity index (χ0n) is 32.0. The van der Waals surface area contributed by atoms with Crippen LogP contribution in [0.3, 0.4) is 0 Å². The van der Waals surface area contributed by atoms with Crippen molar-refractivity contribution in [2.24, 2.45) is 12.5 Å². The number of halogens is 9. The van der Waals surface area contributed by atoms with Gasteiger partial charge in [0.05, 0.1) is 41.5 Å². The zero-order chi connectivity index (χ0) is 43.6. The summed E-state index contributed by atoms with van der Waals surface area (Å²) in [5.74, 6) is -8.61. The predicted octanol–water partition coefficient (Wildman–Crippen LogP) is 8.37. The Morgan fingerprint density at radius 3 is 2.22 bits per heavy atom. The fraction of sp³-hybridized carbons (Fsp3) is 0.556. The lowest BCUT2D eigenvalue weighted by Crippen LogP contribution is -2.43. The number of ether oxygens (including phenoxy) is 4. The van der Waals surface area contributed by atoms with Crippen LogP contribution in [0.15, 0.2) is 30.6 Å². The van der Waals surface area contributed by atoms with Crippen LogP contribution in [0.1, 0.15) is 81.9 Å². The first kappa shape index (κ1) is 45.7. The van der Waals surface area contributed by atoms with E-state index in [1.54, 1.807) is 27.7 Å². The molecule has 4 rings (SSSR count). The van der Waals surface area contributed by atoms with Gasteiger partial charge in [-0.15, -0.1) is 0 Å². The Labute approximate surface area is 331 Å². The van der Waals surface area contributed by atoms with E-state index in [4.69, 9.17) is 30.5 Å². The Morgan fingerprint density at radius 1 is 1.00 bits per heavy atom. The van der Waals surface area contributed by atoms with E-state index < -0.39 is 76.7 Å². The average molecular weight is 855 g/mol. The number of esters is 1. The highest BCUT2D eigenvalue weighted by atomic mass is 35.5. The van der Waals surface area contributed by atoms with Gasteiger partial charge in [-0.05, 0) is 64.7 Å². The monoisotopic (exact) mass is 854 g/mol. The number of rotatable bonds is 16. The first-order chi connectivity index (χ1) is 26.7. The van der Waals surface area contributed by atoms with Crippen LogP contribution in [0.25, 0.3) is 16.9 Å². The number of hydrogen-bond donors (Lipinski definition) is 0. The minimum Gasteiger partial charge on any atom is -0.459 e. The fourth-order valence-corrected chi connectivity index (χ4v) is 5.90. The number of aryl methyl sites for hydroxylation is 1. The number of aromatic nitrogens is 4. The van der Waals surface area contributed by atoms with Gasteiger partial charge in [-0.2, -0.15) is 50.6 Å². The van der Waals surface area contributed by atoms with E-state index in [0.717, 1.165) is 30.8 Å². The van der Waals surface area contributed by atoms with E-state index in [-0.39, 0.29) is 59.1 Å². The van der Waals surface area contributed by atoms with Crippen molar-refractivity contribution in [1.29, 1.82) is 5.26 Å². The van der Waals surface area contributed by atoms with Crippen molar-refractivity contribution in [3.63, 3.8) is 0 Å². The highest BCUT2D eigenvalue weighted by Gasteiger charge is 2.64. The molecule has 1 saturated carbocycles. The molecule has 0 spiro atoms. The van der Waals surface area contributed by atoms with Gasteiger partial charge in [0.2, 0.25) is 0 Å². The van der Waals surface area contributed by atoms with E-state index in [0.29, 0.717) is 11.1 Å². The molecule has 0 unspecified atom stereocenters. The molecule has 2 heterocycles. The number of alkyl halides is 8. The summed E-state index contributed by atoms with van der Waals surface area (Å²) in [5, 5.41) is 16.3. The second kappa shape index (κ2) is 16.7. The highest BCUT2D eigenvalue weighted by Crippen LogP contribution is 2.49. The molecule has 1 aliphatic carbocycles. The van der Waals surface area contributed by atoms with Crippen molar-refractivity contribution in [1.82, 2.24) is 24.5 Å². The Kier molecular flexibility index (Phi) is 13.2. The summed E-state index contributed by atoms with van der Waals surface area (Å²) in [6, 6.07) is 5.70. The van der Waals surface area contributed by atoms with E-state index in [1.165, 1.54) is 18.2 Å². The molecule has 0 radical (unpaired) electrons. The number of hydrogen-bond acceptors (Lipinski definition) is 10. The van der Waals surface area contributed by atoms with Gasteiger partial charge in [0.15, 0.2) is 18.2 Å². The molecule has 0 bridgehead atoms. The number of carbonyl (C=O) groups excluding carboxylic acids is 3. The maximum atomic E-state index is 14.2. The van der Waals surface area contributed by atoms with Crippen molar-refractivity contribution in [3.05, 3.63) is 52.4 Å². The molecule has 3 aromatic rings. The molecule has 0 aliphatic heterocycles. The summed E-state index contributed by atoms with van der Waals surface area (Å²) in [5.41, 5.74) is -8.26. The first-order valence-corrected chi connectivity index (χ1v) is 17.9. The zero-order valence-corrected chi connectivity index (χ0v) is 32.7. The Hall–Kier alpha value is -4.97. The summed E-state index contributed by atoms with van der Waals surface area (Å²) >= 11 is 6.34. The van der Waals surface area contributed by atoms with Crippen LogP contribution in [-0.2, 0) is 42.9 Å². The quantitative estimate of drug-likeness (QED) is 0.0595. The van der Waals surface area contributed by atoms with Crippen molar-refractivity contribution < 1.29 is 68.5 Å². The Bertz CT molecular complexity index is 2050. The fourth-order valence-electron chi connectivity index (χ4n) is 5.70. The molecule has 318 valence electrons. The van der Waals surface area contributed by atoms with Crippen LogP contribution in [0.2, 0.25) is 5.02 Å². The van der Waals surface area contributed by atoms with Crippen LogP contribution in [0.5, 0.6) is 0 Å². The topological polar surface area (TPSA) is 151 Å². The third-order valence-electron chi connectivity index (χ3n) is 8.97. The number of amides is 1. The third kappa shape index (κ3) is 10.00. The van der Waals surface area contributed by atoms with Gasteiger partial charge in [-0.3, -0.25) is 14.5 Å². The number of carbonyl (C=O) groups is 3. The standard InChI is InChI=1S/C36H39ClF8N6O7/c1-7-10-32(4,5)58-29(53)31(2,3)19-55-13-14-56-30(54)57-20-50(33(18-46)11-12-33)28(52)23-15-21(8-9-24(23)37)22-16-47-51(17-22)27-25(35(40,41)42)26(48-49(27)6)34(38,39)36(43,44)45/h8-9,15-17H,7,10-14,19-20H2,1-6H3. The van der Waals surface area contributed by atoms with Crippen LogP contribution in [0.4, 0.5) is 39.9 Å². The lowest BCUT2D eigenvalue weighted by molar-refractivity contribution is -0.292. The van der Waals surface area contributed by atoms with Gasteiger partial charge in [0.1, 0.15) is 23.3 Å². The Balaban J connectivity index is 1.47. The van der Waals surface area contributed by atoms with Gasteiger partial charge >= 0.3 is 30.4 Å². The van der Waals surface area contributed by atoms with Gasteiger partial charge in [0, 0.05) is 18.8 Å². The van der Waals surface area contributed by atoms with E-state index >= 15 is 0 Å². The summed E-state index contributed by atoms with van der Waals surface area (Å²) < 4.78 is 132. The smallest absolute Gasteiger partial charge is 0.459 e. The summed E-state index contributed by atoms with van der Waals surface area (Å²) in [6.07, 6.45) is -9.67. The lowest BCUT2D eigenvalue weighted by atomic mass is 9.94. The predicted molar refractivity (Wildman–Crippen MR) is 186 cm³/mol. The van der Waals surface area contributed by atoms with Crippen molar-refractivity contribution in [2.45, 2.75) is 89.7 Å². The normalized spacial score (nSPS) is 14.4.